The summed E-state index contributed by atoms with van der Waals surface area (Å²) in [5.41, 5.74) is 6.22. The van der Waals surface area contributed by atoms with Crippen LogP contribution in [0.3, 0.4) is 0 Å². The second kappa shape index (κ2) is 9.09. The average Bonchev–Trinajstić information content (AvgIpc) is 2.43. The summed E-state index contributed by atoms with van der Waals surface area (Å²) < 4.78 is 33.3. The molecule has 8 heteroatoms. The molecule has 0 saturated heterocycles. The lowest BCUT2D eigenvalue weighted by molar-refractivity contribution is 0.130. The highest BCUT2D eigenvalue weighted by molar-refractivity contribution is 9.11. The van der Waals surface area contributed by atoms with Gasteiger partial charge in [0, 0.05) is 28.7 Å². The number of nitrogens with two attached hydrogens (primary N) is 1. The first kappa shape index (κ1) is 18.9. The maximum atomic E-state index is 12.1. The maximum Gasteiger partial charge on any atom is 0.240 e. The summed E-state index contributed by atoms with van der Waals surface area (Å²) in [6, 6.07) is 2.97. The van der Waals surface area contributed by atoms with Crippen LogP contribution in [-0.4, -0.2) is 28.2 Å². The molecule has 120 valence electrons. The molecular weight excluding hydrogens is 424 g/mol. The molecule has 1 rings (SSSR count). The van der Waals surface area contributed by atoms with Crippen molar-refractivity contribution in [3.05, 3.63) is 21.1 Å². The van der Waals surface area contributed by atoms with Crippen LogP contribution in [0.4, 0.5) is 5.69 Å². The average molecular weight is 444 g/mol. The molecule has 0 heterocycles. The molecule has 0 saturated carbocycles. The van der Waals surface area contributed by atoms with Crippen molar-refractivity contribution >= 4 is 47.6 Å². The molecule has 0 aliphatic heterocycles. The molecule has 0 spiro atoms. The number of ether oxygens (including phenoxy) is 1. The molecule has 3 N–H and O–H groups in total. The summed E-state index contributed by atoms with van der Waals surface area (Å²) in [6.45, 7) is 3.72. The van der Waals surface area contributed by atoms with Crippen molar-refractivity contribution in [3.8, 4) is 0 Å². The van der Waals surface area contributed by atoms with Crippen molar-refractivity contribution in [1.82, 2.24) is 4.72 Å². The topological polar surface area (TPSA) is 81.4 Å². The van der Waals surface area contributed by atoms with E-state index in [9.17, 15) is 8.42 Å². The molecule has 0 bridgehead atoms. The van der Waals surface area contributed by atoms with Crippen molar-refractivity contribution in [2.75, 3.05) is 25.5 Å². The summed E-state index contributed by atoms with van der Waals surface area (Å²) in [7, 11) is -3.54. The molecule has 0 aliphatic carbocycles. The van der Waals surface area contributed by atoms with Crippen LogP contribution >= 0.6 is 31.9 Å². The summed E-state index contributed by atoms with van der Waals surface area (Å²) in [4.78, 5) is 0.169. The van der Waals surface area contributed by atoms with Crippen molar-refractivity contribution in [1.29, 1.82) is 0 Å². The minimum atomic E-state index is -3.54. The summed E-state index contributed by atoms with van der Waals surface area (Å²) >= 11 is 6.48. The van der Waals surface area contributed by atoms with Gasteiger partial charge < -0.3 is 10.5 Å². The fraction of sp³-hybridized carbons (Fsp3) is 0.538. The van der Waals surface area contributed by atoms with Gasteiger partial charge in [-0.25, -0.2) is 13.1 Å². The van der Waals surface area contributed by atoms with Crippen LogP contribution in [0.1, 0.15) is 26.2 Å². The molecule has 0 amide bonds. The summed E-state index contributed by atoms with van der Waals surface area (Å²) in [6.07, 6.45) is 2.76. The Balaban J connectivity index is 2.51. The highest BCUT2D eigenvalue weighted by Crippen LogP contribution is 2.31. The molecule has 0 aliphatic rings. The van der Waals surface area contributed by atoms with Gasteiger partial charge in [0.15, 0.2) is 0 Å². The number of anilines is 1. The summed E-state index contributed by atoms with van der Waals surface area (Å²) in [5.74, 6) is 0. The molecule has 0 aromatic heterocycles. The lowest BCUT2D eigenvalue weighted by atomic mass is 10.3. The zero-order valence-corrected chi connectivity index (χ0v) is 15.9. The monoisotopic (exact) mass is 442 g/mol. The Bertz CT molecular complexity index is 542. The van der Waals surface area contributed by atoms with Crippen LogP contribution in [0.2, 0.25) is 0 Å². The van der Waals surface area contributed by atoms with Crippen LogP contribution in [0.25, 0.3) is 0 Å². The molecule has 0 atom stereocenters. The Morgan fingerprint density at radius 1 is 1.19 bits per heavy atom. The lowest BCUT2D eigenvalue weighted by Crippen LogP contribution is -2.25. The second-order valence-electron chi connectivity index (χ2n) is 4.52. The fourth-order valence-corrected chi connectivity index (χ4v) is 4.14. The van der Waals surface area contributed by atoms with Gasteiger partial charge in [0.05, 0.1) is 10.6 Å². The Labute approximate surface area is 142 Å². The van der Waals surface area contributed by atoms with Crippen molar-refractivity contribution in [2.45, 2.75) is 31.1 Å². The number of nitrogen functional groups attached to an aromatic ring is 1. The number of hydrogen-bond acceptors (Lipinski definition) is 4. The van der Waals surface area contributed by atoms with E-state index in [-0.39, 0.29) is 4.90 Å². The predicted molar refractivity (Wildman–Crippen MR) is 91.8 cm³/mol. The summed E-state index contributed by atoms with van der Waals surface area (Å²) in [5, 5.41) is 0. The maximum absolute atomic E-state index is 12.1. The van der Waals surface area contributed by atoms with E-state index < -0.39 is 10.0 Å². The number of unbranched alkanes of at least 4 members (excludes halogenated alkanes) is 1. The van der Waals surface area contributed by atoms with Gasteiger partial charge >= 0.3 is 0 Å². The van der Waals surface area contributed by atoms with E-state index in [1.54, 1.807) is 0 Å². The van der Waals surface area contributed by atoms with E-state index in [0.717, 1.165) is 19.4 Å². The van der Waals surface area contributed by atoms with E-state index in [1.165, 1.54) is 12.1 Å². The van der Waals surface area contributed by atoms with E-state index in [4.69, 9.17) is 10.5 Å². The van der Waals surface area contributed by atoms with Crippen molar-refractivity contribution in [2.24, 2.45) is 0 Å². The third-order valence-electron chi connectivity index (χ3n) is 2.76. The first-order chi connectivity index (χ1) is 9.88. The molecule has 21 heavy (non-hydrogen) atoms. The van der Waals surface area contributed by atoms with Gasteiger partial charge in [-0.05, 0) is 56.8 Å². The van der Waals surface area contributed by atoms with Gasteiger partial charge in [-0.1, -0.05) is 13.3 Å². The molecule has 0 fully saturated rings. The van der Waals surface area contributed by atoms with Gasteiger partial charge in [-0.3, -0.25) is 0 Å². The largest absolute Gasteiger partial charge is 0.397 e. The predicted octanol–water partition coefficient (Wildman–Crippen LogP) is 3.28. The molecule has 0 unspecified atom stereocenters. The van der Waals surface area contributed by atoms with E-state index in [0.29, 0.717) is 34.2 Å². The first-order valence-corrected chi connectivity index (χ1v) is 9.77. The number of hydrogen-bond donors (Lipinski definition) is 2. The Hall–Kier alpha value is -0.150. The molecule has 5 nitrogen and oxygen atoms in total. The van der Waals surface area contributed by atoms with Crippen LogP contribution < -0.4 is 10.5 Å². The fourth-order valence-electron chi connectivity index (χ4n) is 1.53. The molecular formula is C13H20Br2N2O3S. The van der Waals surface area contributed by atoms with Gasteiger partial charge in [-0.2, -0.15) is 0 Å². The minimum Gasteiger partial charge on any atom is -0.397 e. The lowest BCUT2D eigenvalue weighted by Gasteiger charge is -2.09. The molecule has 0 radical (unpaired) electrons. The number of halogens is 2. The van der Waals surface area contributed by atoms with Gasteiger partial charge in [0.1, 0.15) is 0 Å². The first-order valence-electron chi connectivity index (χ1n) is 6.70. The number of sulfonamides is 1. The van der Waals surface area contributed by atoms with E-state index in [2.05, 4.69) is 43.5 Å². The Morgan fingerprint density at radius 2 is 1.76 bits per heavy atom. The van der Waals surface area contributed by atoms with Gasteiger partial charge in [0.2, 0.25) is 10.0 Å². The smallest absolute Gasteiger partial charge is 0.240 e. The van der Waals surface area contributed by atoms with Gasteiger partial charge in [0.25, 0.3) is 0 Å². The second-order valence-corrected chi connectivity index (χ2v) is 7.99. The normalized spacial score (nSPS) is 11.8. The molecule has 1 aromatic rings. The van der Waals surface area contributed by atoms with Crippen LogP contribution in [0.15, 0.2) is 26.0 Å². The minimum absolute atomic E-state index is 0.169. The van der Waals surface area contributed by atoms with E-state index in [1.807, 2.05) is 0 Å². The van der Waals surface area contributed by atoms with Crippen LogP contribution in [0, 0.1) is 0 Å². The number of nitrogens with one attached hydrogen (secondary N) is 1. The third-order valence-corrected chi connectivity index (χ3v) is 5.52. The Kier molecular flexibility index (Phi) is 8.18. The number of benzene rings is 1. The number of rotatable bonds is 9. The molecule has 1 aromatic carbocycles. The van der Waals surface area contributed by atoms with Crippen molar-refractivity contribution in [3.63, 3.8) is 0 Å². The highest BCUT2D eigenvalue weighted by atomic mass is 79.9. The standard InChI is InChI=1S/C13H20Br2N2O3S/c1-2-3-6-20-7-4-5-17-21(18,19)10-8-11(14)13(16)12(15)9-10/h8-9,17H,2-7,16H2,1H3. The van der Waals surface area contributed by atoms with Crippen LogP contribution in [-0.2, 0) is 14.8 Å². The highest BCUT2D eigenvalue weighted by Gasteiger charge is 2.16. The van der Waals surface area contributed by atoms with Crippen molar-refractivity contribution < 1.29 is 13.2 Å². The van der Waals surface area contributed by atoms with E-state index >= 15 is 0 Å². The Morgan fingerprint density at radius 3 is 2.33 bits per heavy atom. The SMILES string of the molecule is CCCCOCCCNS(=O)(=O)c1cc(Br)c(N)c(Br)c1. The third kappa shape index (κ3) is 6.23. The zero-order valence-electron chi connectivity index (χ0n) is 11.9. The van der Waals surface area contributed by atoms with Crippen LogP contribution in [0.5, 0.6) is 0 Å². The van der Waals surface area contributed by atoms with Gasteiger partial charge in [-0.15, -0.1) is 0 Å². The zero-order chi connectivity index (χ0) is 15.9. The quantitative estimate of drug-likeness (QED) is 0.453.